The van der Waals surface area contributed by atoms with Crippen molar-refractivity contribution in [2.75, 3.05) is 13.1 Å². The Balaban J connectivity index is 1.51. The zero-order chi connectivity index (χ0) is 18.4. The Hall–Kier alpha value is -2.70. The fraction of sp³-hybridized carbons (Fsp3) is 0.333. The van der Waals surface area contributed by atoms with E-state index in [4.69, 9.17) is 4.98 Å². The van der Waals surface area contributed by atoms with Crippen molar-refractivity contribution in [3.05, 3.63) is 53.6 Å². The fourth-order valence-corrected chi connectivity index (χ4v) is 4.17. The summed E-state index contributed by atoms with van der Waals surface area (Å²) in [6, 6.07) is 14.1. The number of para-hydroxylation sites is 1. The standard InChI is InChI=1S/C21H22N4O2/c26-18-5-2-11-24(18)13-14-6-8-15(9-7-14)20-23-17-4-1-3-16-19(17)25(20)12-10-22-21(16)27/h1,3-4,6-9,18,26H,2,5,10-13H2,(H,22,27). The Kier molecular flexibility index (Phi) is 3.95. The summed E-state index contributed by atoms with van der Waals surface area (Å²) in [7, 11) is 0. The normalized spacial score (nSPS) is 20.0. The summed E-state index contributed by atoms with van der Waals surface area (Å²) in [6.45, 7) is 3.01. The lowest BCUT2D eigenvalue weighted by molar-refractivity contribution is 0.0328. The molecule has 3 heterocycles. The van der Waals surface area contributed by atoms with Gasteiger partial charge in [-0.15, -0.1) is 0 Å². The molecular weight excluding hydrogens is 340 g/mol. The number of aromatic nitrogens is 2. The van der Waals surface area contributed by atoms with E-state index in [1.54, 1.807) is 0 Å². The van der Waals surface area contributed by atoms with Crippen LogP contribution in [0.15, 0.2) is 42.5 Å². The Morgan fingerprint density at radius 3 is 2.78 bits per heavy atom. The molecule has 27 heavy (non-hydrogen) atoms. The second kappa shape index (κ2) is 6.48. The fourth-order valence-electron chi connectivity index (χ4n) is 4.17. The molecule has 1 amide bonds. The number of rotatable bonds is 3. The first-order valence-electron chi connectivity index (χ1n) is 9.49. The zero-order valence-electron chi connectivity index (χ0n) is 15.1. The van der Waals surface area contributed by atoms with Gasteiger partial charge in [-0.2, -0.15) is 0 Å². The minimum absolute atomic E-state index is 0.0367. The highest BCUT2D eigenvalue weighted by molar-refractivity contribution is 6.06. The van der Waals surface area contributed by atoms with Gasteiger partial charge in [0.2, 0.25) is 0 Å². The average molecular weight is 362 g/mol. The minimum atomic E-state index is -0.320. The Morgan fingerprint density at radius 1 is 1.15 bits per heavy atom. The van der Waals surface area contributed by atoms with Crippen LogP contribution in [0, 0.1) is 0 Å². The van der Waals surface area contributed by atoms with Gasteiger partial charge in [0, 0.05) is 31.7 Å². The number of benzene rings is 2. The van der Waals surface area contributed by atoms with Crippen LogP contribution in [-0.4, -0.2) is 44.8 Å². The topological polar surface area (TPSA) is 70.4 Å². The van der Waals surface area contributed by atoms with Crippen LogP contribution in [0.25, 0.3) is 22.4 Å². The van der Waals surface area contributed by atoms with E-state index >= 15 is 0 Å². The number of hydrogen-bond donors (Lipinski definition) is 2. The quantitative estimate of drug-likeness (QED) is 0.750. The number of imidazole rings is 1. The summed E-state index contributed by atoms with van der Waals surface area (Å²) in [6.07, 6.45) is 1.59. The molecule has 138 valence electrons. The van der Waals surface area contributed by atoms with E-state index in [0.29, 0.717) is 18.7 Å². The lowest BCUT2D eigenvalue weighted by atomic mass is 10.1. The molecule has 0 saturated carbocycles. The third-order valence-corrected chi connectivity index (χ3v) is 5.56. The van der Waals surface area contributed by atoms with Crippen LogP contribution in [0.2, 0.25) is 0 Å². The predicted octanol–water partition coefficient (Wildman–Crippen LogP) is 2.36. The first-order chi connectivity index (χ1) is 13.2. The molecule has 2 aliphatic rings. The molecule has 1 unspecified atom stereocenters. The van der Waals surface area contributed by atoms with E-state index in [0.717, 1.165) is 48.4 Å². The minimum Gasteiger partial charge on any atom is -0.378 e. The first kappa shape index (κ1) is 16.5. The molecule has 1 saturated heterocycles. The summed E-state index contributed by atoms with van der Waals surface area (Å²) >= 11 is 0. The molecule has 2 aliphatic heterocycles. The molecule has 6 nitrogen and oxygen atoms in total. The number of carbonyl (C=O) groups is 1. The van der Waals surface area contributed by atoms with Crippen molar-refractivity contribution in [3.63, 3.8) is 0 Å². The summed E-state index contributed by atoms with van der Waals surface area (Å²) in [5, 5.41) is 12.9. The second-order valence-electron chi connectivity index (χ2n) is 7.31. The van der Waals surface area contributed by atoms with Crippen LogP contribution in [0.4, 0.5) is 0 Å². The summed E-state index contributed by atoms with van der Waals surface area (Å²) < 4.78 is 2.14. The summed E-state index contributed by atoms with van der Waals surface area (Å²) in [5.74, 6) is 0.854. The third-order valence-electron chi connectivity index (χ3n) is 5.56. The Bertz CT molecular complexity index is 1010. The largest absolute Gasteiger partial charge is 0.378 e. The number of amides is 1. The molecule has 1 fully saturated rings. The smallest absolute Gasteiger partial charge is 0.253 e. The van der Waals surface area contributed by atoms with Crippen LogP contribution in [0.5, 0.6) is 0 Å². The molecule has 0 radical (unpaired) electrons. The Labute approximate surface area is 157 Å². The molecule has 2 aromatic carbocycles. The number of aliphatic hydroxyl groups is 1. The predicted molar refractivity (Wildman–Crippen MR) is 103 cm³/mol. The van der Waals surface area contributed by atoms with Crippen molar-refractivity contribution >= 4 is 16.9 Å². The molecule has 6 heteroatoms. The number of hydrogen-bond acceptors (Lipinski definition) is 4. The molecule has 1 aromatic heterocycles. The lowest BCUT2D eigenvalue weighted by Gasteiger charge is -2.19. The summed E-state index contributed by atoms with van der Waals surface area (Å²) in [5.41, 5.74) is 4.67. The van der Waals surface area contributed by atoms with Crippen molar-refractivity contribution in [2.45, 2.75) is 32.2 Å². The second-order valence-corrected chi connectivity index (χ2v) is 7.31. The van der Waals surface area contributed by atoms with Gasteiger partial charge in [0.05, 0.1) is 16.6 Å². The van der Waals surface area contributed by atoms with Crippen LogP contribution < -0.4 is 5.32 Å². The maximum atomic E-state index is 12.3. The van der Waals surface area contributed by atoms with Gasteiger partial charge < -0.3 is 15.0 Å². The van der Waals surface area contributed by atoms with E-state index in [2.05, 4.69) is 39.0 Å². The van der Waals surface area contributed by atoms with E-state index in [1.807, 2.05) is 18.2 Å². The van der Waals surface area contributed by atoms with Crippen molar-refractivity contribution in [2.24, 2.45) is 0 Å². The highest BCUT2D eigenvalue weighted by atomic mass is 16.3. The highest BCUT2D eigenvalue weighted by Crippen LogP contribution is 2.29. The Morgan fingerprint density at radius 2 is 2.00 bits per heavy atom. The first-order valence-corrected chi connectivity index (χ1v) is 9.49. The number of nitrogens with zero attached hydrogens (tertiary/aromatic N) is 3. The summed E-state index contributed by atoms with van der Waals surface area (Å²) in [4.78, 5) is 19.2. The molecule has 5 rings (SSSR count). The van der Waals surface area contributed by atoms with E-state index in [-0.39, 0.29) is 12.1 Å². The molecule has 2 N–H and O–H groups in total. The van der Waals surface area contributed by atoms with Gasteiger partial charge in [-0.1, -0.05) is 30.3 Å². The van der Waals surface area contributed by atoms with Gasteiger partial charge in [0.25, 0.3) is 5.91 Å². The maximum Gasteiger partial charge on any atom is 0.253 e. The number of carbonyl (C=O) groups excluding carboxylic acids is 1. The van der Waals surface area contributed by atoms with Gasteiger partial charge in [0.15, 0.2) is 0 Å². The molecule has 0 aliphatic carbocycles. The van der Waals surface area contributed by atoms with E-state index in [1.165, 1.54) is 5.56 Å². The lowest BCUT2D eigenvalue weighted by Crippen LogP contribution is -2.28. The molecule has 1 atom stereocenters. The molecule has 0 bridgehead atoms. The third kappa shape index (κ3) is 2.81. The van der Waals surface area contributed by atoms with E-state index in [9.17, 15) is 9.90 Å². The number of aliphatic hydroxyl groups excluding tert-OH is 1. The number of nitrogens with one attached hydrogen (secondary N) is 1. The van der Waals surface area contributed by atoms with Crippen molar-refractivity contribution in [3.8, 4) is 11.4 Å². The monoisotopic (exact) mass is 362 g/mol. The van der Waals surface area contributed by atoms with Crippen LogP contribution in [0.1, 0.15) is 28.8 Å². The SMILES string of the molecule is O=C1NCCn2c(-c3ccc(CN4CCCC4O)cc3)nc3cccc1c32. The van der Waals surface area contributed by atoms with Crippen molar-refractivity contribution in [1.82, 2.24) is 19.8 Å². The molecule has 3 aromatic rings. The van der Waals surface area contributed by atoms with Crippen molar-refractivity contribution < 1.29 is 9.90 Å². The number of likely N-dealkylation sites (tertiary alicyclic amines) is 1. The molecule has 0 spiro atoms. The van der Waals surface area contributed by atoms with Crippen LogP contribution >= 0.6 is 0 Å². The van der Waals surface area contributed by atoms with Gasteiger partial charge >= 0.3 is 0 Å². The van der Waals surface area contributed by atoms with E-state index < -0.39 is 0 Å². The van der Waals surface area contributed by atoms with Gasteiger partial charge in [-0.05, 0) is 30.5 Å². The average Bonchev–Trinajstić information content (AvgIpc) is 3.20. The maximum absolute atomic E-state index is 12.3. The molecular formula is C21H22N4O2. The van der Waals surface area contributed by atoms with Gasteiger partial charge in [0.1, 0.15) is 12.1 Å². The van der Waals surface area contributed by atoms with Crippen molar-refractivity contribution in [1.29, 1.82) is 0 Å². The van der Waals surface area contributed by atoms with Gasteiger partial charge in [-0.3, -0.25) is 9.69 Å². The van der Waals surface area contributed by atoms with Crippen LogP contribution in [-0.2, 0) is 13.1 Å². The van der Waals surface area contributed by atoms with Crippen LogP contribution in [0.3, 0.4) is 0 Å². The zero-order valence-corrected chi connectivity index (χ0v) is 15.1. The van der Waals surface area contributed by atoms with Gasteiger partial charge in [-0.25, -0.2) is 4.98 Å². The highest BCUT2D eigenvalue weighted by Gasteiger charge is 2.23.